The van der Waals surface area contributed by atoms with Crippen LogP contribution in [0.2, 0.25) is 0 Å². The molecule has 0 atom stereocenters. The van der Waals surface area contributed by atoms with Crippen molar-refractivity contribution in [3.05, 3.63) is 60.3 Å². The fourth-order valence-corrected chi connectivity index (χ4v) is 2.19. The maximum Gasteiger partial charge on any atom is 0.130 e. The second-order valence-corrected chi connectivity index (χ2v) is 4.73. The highest BCUT2D eigenvalue weighted by molar-refractivity contribution is 5.87. The fourth-order valence-electron chi connectivity index (χ4n) is 2.19. The van der Waals surface area contributed by atoms with Crippen molar-refractivity contribution in [2.45, 2.75) is 6.61 Å². The molecule has 0 amide bonds. The largest absolute Gasteiger partial charge is 0.497 e. The van der Waals surface area contributed by atoms with Crippen molar-refractivity contribution < 1.29 is 9.47 Å². The summed E-state index contributed by atoms with van der Waals surface area (Å²) in [7, 11) is 1.65. The van der Waals surface area contributed by atoms with Gasteiger partial charge in [0.1, 0.15) is 18.1 Å². The number of ether oxygens (including phenoxy) is 2. The Labute approximate surface area is 123 Å². The zero-order valence-electron chi connectivity index (χ0n) is 11.7. The zero-order valence-corrected chi connectivity index (χ0v) is 11.7. The van der Waals surface area contributed by atoms with Crippen LogP contribution in [-0.2, 0) is 6.61 Å². The molecular weight excluding hydrogens is 264 g/mol. The molecule has 0 unspecified atom stereocenters. The number of pyridine rings is 1. The predicted octanol–water partition coefficient (Wildman–Crippen LogP) is 3.40. The summed E-state index contributed by atoms with van der Waals surface area (Å²) in [5.41, 5.74) is 8.35. The average Bonchev–Trinajstić information content (AvgIpc) is 2.52. The zero-order chi connectivity index (χ0) is 14.7. The minimum atomic E-state index is 0.473. The third-order valence-electron chi connectivity index (χ3n) is 3.26. The van der Waals surface area contributed by atoms with Crippen molar-refractivity contribution in [1.82, 2.24) is 4.98 Å². The van der Waals surface area contributed by atoms with Crippen molar-refractivity contribution in [2.24, 2.45) is 0 Å². The van der Waals surface area contributed by atoms with E-state index in [1.54, 1.807) is 13.3 Å². The summed E-state index contributed by atoms with van der Waals surface area (Å²) in [5, 5.41) is 0.953. The molecule has 21 heavy (non-hydrogen) atoms. The van der Waals surface area contributed by atoms with Crippen LogP contribution in [0.25, 0.3) is 10.9 Å². The van der Waals surface area contributed by atoms with Gasteiger partial charge >= 0.3 is 0 Å². The number of hydrogen-bond donors (Lipinski definition) is 1. The van der Waals surface area contributed by atoms with Crippen molar-refractivity contribution in [3.63, 3.8) is 0 Å². The molecule has 0 bridgehead atoms. The first-order valence-electron chi connectivity index (χ1n) is 6.66. The summed E-state index contributed by atoms with van der Waals surface area (Å²) in [5.74, 6) is 1.62. The molecule has 0 saturated heterocycles. The van der Waals surface area contributed by atoms with Crippen LogP contribution in [0.1, 0.15) is 5.56 Å². The molecule has 3 aromatic rings. The van der Waals surface area contributed by atoms with Gasteiger partial charge in [-0.3, -0.25) is 4.98 Å². The van der Waals surface area contributed by atoms with Gasteiger partial charge in [0.25, 0.3) is 0 Å². The van der Waals surface area contributed by atoms with E-state index >= 15 is 0 Å². The van der Waals surface area contributed by atoms with Crippen LogP contribution in [-0.4, -0.2) is 12.1 Å². The van der Waals surface area contributed by atoms with E-state index in [9.17, 15) is 0 Å². The Morgan fingerprint density at radius 3 is 2.86 bits per heavy atom. The van der Waals surface area contributed by atoms with Gasteiger partial charge in [-0.2, -0.15) is 0 Å². The summed E-state index contributed by atoms with van der Waals surface area (Å²) in [6, 6.07) is 15.3. The van der Waals surface area contributed by atoms with E-state index in [4.69, 9.17) is 15.2 Å². The Balaban J connectivity index is 1.84. The fraction of sp³-hybridized carbons (Fsp3) is 0.118. The quantitative estimate of drug-likeness (QED) is 0.744. The van der Waals surface area contributed by atoms with E-state index in [2.05, 4.69) is 4.98 Å². The molecule has 0 spiro atoms. The number of methoxy groups -OCH3 is 1. The highest BCUT2D eigenvalue weighted by Gasteiger charge is 2.04. The highest BCUT2D eigenvalue weighted by atomic mass is 16.5. The summed E-state index contributed by atoms with van der Waals surface area (Å²) in [4.78, 5) is 4.31. The third kappa shape index (κ3) is 2.89. The monoisotopic (exact) mass is 280 g/mol. The molecule has 0 fully saturated rings. The Bertz CT molecular complexity index is 772. The molecule has 0 radical (unpaired) electrons. The molecule has 0 aliphatic rings. The van der Waals surface area contributed by atoms with Crippen LogP contribution in [0, 0.1) is 0 Å². The van der Waals surface area contributed by atoms with Crippen LogP contribution in [0.3, 0.4) is 0 Å². The number of nitrogens with two attached hydrogens (primary N) is 1. The van der Waals surface area contributed by atoms with Gasteiger partial charge in [0.15, 0.2) is 0 Å². The topological polar surface area (TPSA) is 57.4 Å². The molecule has 0 aliphatic carbocycles. The highest BCUT2D eigenvalue weighted by Crippen LogP contribution is 2.26. The third-order valence-corrected chi connectivity index (χ3v) is 3.26. The lowest BCUT2D eigenvalue weighted by Crippen LogP contribution is -1.97. The molecule has 0 aliphatic heterocycles. The van der Waals surface area contributed by atoms with Crippen LogP contribution in [0.15, 0.2) is 54.7 Å². The Kier molecular flexibility index (Phi) is 3.60. The van der Waals surface area contributed by atoms with Gasteiger partial charge in [-0.25, -0.2) is 0 Å². The maximum absolute atomic E-state index is 5.91. The first-order valence-corrected chi connectivity index (χ1v) is 6.66. The number of nitrogen functional groups attached to an aromatic ring is 1. The molecule has 0 saturated carbocycles. The summed E-state index contributed by atoms with van der Waals surface area (Å²) in [6.45, 7) is 0.473. The van der Waals surface area contributed by atoms with E-state index in [1.165, 1.54) is 0 Å². The van der Waals surface area contributed by atoms with E-state index < -0.39 is 0 Å². The van der Waals surface area contributed by atoms with E-state index in [0.29, 0.717) is 12.3 Å². The molecule has 2 N–H and O–H groups in total. The van der Waals surface area contributed by atoms with Crippen molar-refractivity contribution in [2.75, 3.05) is 12.8 Å². The summed E-state index contributed by atoms with van der Waals surface area (Å²) < 4.78 is 11.1. The van der Waals surface area contributed by atoms with Gasteiger partial charge in [0, 0.05) is 17.3 Å². The van der Waals surface area contributed by atoms with Crippen LogP contribution in [0.4, 0.5) is 5.69 Å². The molecule has 3 rings (SSSR count). The molecule has 1 aromatic heterocycles. The lowest BCUT2D eigenvalue weighted by atomic mass is 10.2. The van der Waals surface area contributed by atoms with Gasteiger partial charge in [0.2, 0.25) is 0 Å². The van der Waals surface area contributed by atoms with Gasteiger partial charge in [-0.1, -0.05) is 12.1 Å². The van der Waals surface area contributed by atoms with Gasteiger partial charge < -0.3 is 15.2 Å². The average molecular weight is 280 g/mol. The maximum atomic E-state index is 5.91. The number of aromatic nitrogens is 1. The molecule has 4 heteroatoms. The number of nitrogens with zero attached hydrogens (tertiary/aromatic N) is 1. The summed E-state index contributed by atoms with van der Waals surface area (Å²) >= 11 is 0. The van der Waals surface area contributed by atoms with Gasteiger partial charge in [-0.05, 0) is 42.0 Å². The van der Waals surface area contributed by atoms with Gasteiger partial charge in [-0.15, -0.1) is 0 Å². The SMILES string of the molecule is COc1cccc(COc2ccnc3cc(N)ccc23)c1. The summed E-state index contributed by atoms with van der Waals surface area (Å²) in [6.07, 6.45) is 1.72. The van der Waals surface area contributed by atoms with Crippen LogP contribution < -0.4 is 15.2 Å². The lowest BCUT2D eigenvalue weighted by molar-refractivity contribution is 0.309. The van der Waals surface area contributed by atoms with Crippen molar-refractivity contribution in [1.29, 1.82) is 0 Å². The number of rotatable bonds is 4. The minimum absolute atomic E-state index is 0.473. The number of hydrogen-bond acceptors (Lipinski definition) is 4. The minimum Gasteiger partial charge on any atom is -0.497 e. The normalized spacial score (nSPS) is 10.5. The number of anilines is 1. The van der Waals surface area contributed by atoms with E-state index in [-0.39, 0.29) is 0 Å². The van der Waals surface area contributed by atoms with Crippen LogP contribution in [0.5, 0.6) is 11.5 Å². The molecular formula is C17H16N2O2. The van der Waals surface area contributed by atoms with Crippen LogP contribution >= 0.6 is 0 Å². The predicted molar refractivity (Wildman–Crippen MR) is 83.5 cm³/mol. The van der Waals surface area contributed by atoms with Crippen molar-refractivity contribution >= 4 is 16.6 Å². The van der Waals surface area contributed by atoms with Crippen molar-refractivity contribution in [3.8, 4) is 11.5 Å². The standard InChI is InChI=1S/C17H16N2O2/c1-20-14-4-2-3-12(9-14)11-21-17-7-8-19-16-10-13(18)5-6-15(16)17/h2-10H,11,18H2,1H3. The Morgan fingerprint density at radius 2 is 2.00 bits per heavy atom. The first-order chi connectivity index (χ1) is 10.3. The van der Waals surface area contributed by atoms with E-state index in [1.807, 2.05) is 48.5 Å². The van der Waals surface area contributed by atoms with Gasteiger partial charge in [0.05, 0.1) is 12.6 Å². The Hall–Kier alpha value is -2.75. The second kappa shape index (κ2) is 5.71. The first kappa shape index (κ1) is 13.2. The second-order valence-electron chi connectivity index (χ2n) is 4.73. The molecule has 1 heterocycles. The lowest BCUT2D eigenvalue weighted by Gasteiger charge is -2.10. The molecule has 106 valence electrons. The number of fused-ring (bicyclic) bond motifs is 1. The Morgan fingerprint density at radius 1 is 1.10 bits per heavy atom. The smallest absolute Gasteiger partial charge is 0.130 e. The van der Waals surface area contributed by atoms with E-state index in [0.717, 1.165) is 28.0 Å². The number of benzene rings is 2. The molecule has 2 aromatic carbocycles. The molecule has 4 nitrogen and oxygen atoms in total.